The number of nitrogens with zero attached hydrogens (tertiary/aromatic N) is 1. The summed E-state index contributed by atoms with van der Waals surface area (Å²) in [5.41, 5.74) is 9.89. The molecule has 1 saturated carbocycles. The predicted octanol–water partition coefficient (Wildman–Crippen LogP) is 7.45. The van der Waals surface area contributed by atoms with E-state index in [-0.39, 0.29) is 23.7 Å². The van der Waals surface area contributed by atoms with Crippen LogP contribution in [-0.4, -0.2) is 15.7 Å². The molecule has 3 atom stereocenters. The molecular weight excluding hydrogens is 468 g/mol. The highest BCUT2D eigenvalue weighted by Crippen LogP contribution is 2.60. The fraction of sp³-hybridized carbons (Fsp3) is 0.0882. The second kappa shape index (κ2) is 9.02. The van der Waals surface area contributed by atoms with Crippen molar-refractivity contribution in [2.45, 2.75) is 11.8 Å². The lowest BCUT2D eigenvalue weighted by molar-refractivity contribution is -0.130. The lowest BCUT2D eigenvalue weighted by Crippen LogP contribution is -2.21. The monoisotopic (exact) mass is 494 g/mol. The van der Waals surface area contributed by atoms with Gasteiger partial charge in [-0.1, -0.05) is 103 Å². The number of hydrogen-bond acceptors (Lipinski definition) is 2. The maximum atomic E-state index is 12.4. The first kappa shape index (κ1) is 22.5. The van der Waals surface area contributed by atoms with E-state index in [2.05, 4.69) is 114 Å². The van der Waals surface area contributed by atoms with Crippen molar-refractivity contribution in [1.82, 2.24) is 10.0 Å². The number of rotatable bonds is 5. The molecule has 0 unspecified atom stereocenters. The Bertz CT molecular complexity index is 1720. The summed E-state index contributed by atoms with van der Waals surface area (Å²) in [6.07, 6.45) is 0. The molecule has 7 rings (SSSR count). The molecule has 1 aliphatic carbocycles. The van der Waals surface area contributed by atoms with Crippen molar-refractivity contribution in [3.8, 4) is 16.8 Å². The standard InChI is InChI=1S/C34H26N2O2/c37-34(35-38)33-31(24-8-2-1-3-9-24)32(33)25-16-14-22(15-17-25)23-18-20-26(21-19-23)36-29-12-6-4-10-27(29)28-11-5-7-13-30(28)36/h1-21,31-33,38H,(H,35,37)/t31-,32-,33-/m1/s1. The average Bonchev–Trinajstić information content (AvgIpc) is 3.65. The highest BCUT2D eigenvalue weighted by molar-refractivity contribution is 6.09. The number of nitrogens with one attached hydrogen (secondary N) is 1. The third kappa shape index (κ3) is 3.61. The van der Waals surface area contributed by atoms with E-state index in [1.54, 1.807) is 0 Å². The normalized spacial score (nSPS) is 18.5. The maximum absolute atomic E-state index is 12.4. The highest BCUT2D eigenvalue weighted by Gasteiger charge is 2.56. The second-order valence-corrected chi connectivity index (χ2v) is 10.0. The Labute approximate surface area is 220 Å². The van der Waals surface area contributed by atoms with Gasteiger partial charge in [0, 0.05) is 28.3 Å². The molecular formula is C34H26N2O2. The van der Waals surface area contributed by atoms with Gasteiger partial charge < -0.3 is 4.57 Å². The Kier molecular flexibility index (Phi) is 5.34. The van der Waals surface area contributed by atoms with Crippen molar-refractivity contribution in [2.75, 3.05) is 0 Å². The first-order valence-corrected chi connectivity index (χ1v) is 12.9. The van der Waals surface area contributed by atoms with Gasteiger partial charge in [0.05, 0.1) is 17.0 Å². The molecule has 1 aliphatic rings. The number of amides is 1. The van der Waals surface area contributed by atoms with Gasteiger partial charge in [-0.05, 0) is 46.5 Å². The van der Waals surface area contributed by atoms with E-state index in [1.807, 2.05) is 23.7 Å². The van der Waals surface area contributed by atoms with Crippen molar-refractivity contribution in [1.29, 1.82) is 0 Å². The first-order valence-electron chi connectivity index (χ1n) is 12.9. The molecule has 0 aliphatic heterocycles. The Balaban J connectivity index is 1.19. The number of aromatic nitrogens is 1. The van der Waals surface area contributed by atoms with Crippen molar-refractivity contribution in [3.63, 3.8) is 0 Å². The third-order valence-corrected chi connectivity index (χ3v) is 7.95. The molecule has 38 heavy (non-hydrogen) atoms. The Hall–Kier alpha value is -4.67. The molecule has 1 amide bonds. The fourth-order valence-electron chi connectivity index (χ4n) is 6.12. The minimum atomic E-state index is -0.325. The van der Waals surface area contributed by atoms with Gasteiger partial charge in [-0.3, -0.25) is 10.0 Å². The number of fused-ring (bicyclic) bond motifs is 3. The number of hydroxylamine groups is 1. The van der Waals surface area contributed by atoms with E-state index < -0.39 is 0 Å². The molecule has 0 bridgehead atoms. The van der Waals surface area contributed by atoms with E-state index in [0.717, 1.165) is 27.9 Å². The molecule has 1 aromatic heterocycles. The third-order valence-electron chi connectivity index (χ3n) is 7.95. The summed E-state index contributed by atoms with van der Waals surface area (Å²) in [5.74, 6) is -0.469. The van der Waals surface area contributed by atoms with E-state index in [9.17, 15) is 10.0 Å². The van der Waals surface area contributed by atoms with Gasteiger partial charge in [-0.2, -0.15) is 0 Å². The molecule has 2 N–H and O–H groups in total. The lowest BCUT2D eigenvalue weighted by Gasteiger charge is -2.10. The van der Waals surface area contributed by atoms with E-state index in [1.165, 1.54) is 21.8 Å². The van der Waals surface area contributed by atoms with Gasteiger partial charge in [-0.25, -0.2) is 5.48 Å². The van der Waals surface area contributed by atoms with Crippen LogP contribution in [0.4, 0.5) is 0 Å². The Morgan fingerprint density at radius 2 is 1.05 bits per heavy atom. The van der Waals surface area contributed by atoms with Gasteiger partial charge in [0.2, 0.25) is 5.91 Å². The molecule has 0 spiro atoms. The van der Waals surface area contributed by atoms with Crippen LogP contribution < -0.4 is 5.48 Å². The van der Waals surface area contributed by atoms with E-state index >= 15 is 0 Å². The molecule has 184 valence electrons. The zero-order chi connectivity index (χ0) is 25.6. The zero-order valence-corrected chi connectivity index (χ0v) is 20.7. The van der Waals surface area contributed by atoms with Crippen LogP contribution in [0.2, 0.25) is 0 Å². The SMILES string of the molecule is O=C(NO)[C@@H]1[C@H](c2ccccc2)[C@H]1c1ccc(-c2ccc(-n3c4ccccc4c4ccccc43)cc2)cc1. The zero-order valence-electron chi connectivity index (χ0n) is 20.7. The fourth-order valence-corrected chi connectivity index (χ4v) is 6.12. The van der Waals surface area contributed by atoms with Crippen LogP contribution in [0.5, 0.6) is 0 Å². The van der Waals surface area contributed by atoms with Gasteiger partial charge in [-0.15, -0.1) is 0 Å². The van der Waals surface area contributed by atoms with Crippen molar-refractivity contribution in [3.05, 3.63) is 139 Å². The van der Waals surface area contributed by atoms with Crippen LogP contribution in [-0.2, 0) is 4.79 Å². The molecule has 4 heteroatoms. The van der Waals surface area contributed by atoms with Crippen LogP contribution in [0, 0.1) is 5.92 Å². The van der Waals surface area contributed by atoms with Gasteiger partial charge in [0.1, 0.15) is 0 Å². The lowest BCUT2D eigenvalue weighted by atomic mass is 10.00. The molecule has 5 aromatic carbocycles. The van der Waals surface area contributed by atoms with Crippen LogP contribution >= 0.6 is 0 Å². The van der Waals surface area contributed by atoms with Crippen molar-refractivity contribution < 1.29 is 10.0 Å². The number of carbonyl (C=O) groups is 1. The summed E-state index contributed by atoms with van der Waals surface area (Å²) in [6.45, 7) is 0. The van der Waals surface area contributed by atoms with E-state index in [4.69, 9.17) is 0 Å². The van der Waals surface area contributed by atoms with Crippen LogP contribution in [0.1, 0.15) is 23.0 Å². The minimum Gasteiger partial charge on any atom is -0.309 e. The summed E-state index contributed by atoms with van der Waals surface area (Å²) in [5, 5.41) is 11.8. The molecule has 0 radical (unpaired) electrons. The molecule has 4 nitrogen and oxygen atoms in total. The topological polar surface area (TPSA) is 54.3 Å². The maximum Gasteiger partial charge on any atom is 0.247 e. The van der Waals surface area contributed by atoms with Crippen molar-refractivity contribution >= 4 is 27.7 Å². The smallest absolute Gasteiger partial charge is 0.247 e. The van der Waals surface area contributed by atoms with Crippen LogP contribution in [0.3, 0.4) is 0 Å². The highest BCUT2D eigenvalue weighted by atomic mass is 16.5. The summed E-state index contributed by atoms with van der Waals surface area (Å²) in [4.78, 5) is 12.4. The van der Waals surface area contributed by atoms with E-state index in [0.29, 0.717) is 0 Å². The summed E-state index contributed by atoms with van der Waals surface area (Å²) in [7, 11) is 0. The number of benzene rings is 5. The average molecular weight is 495 g/mol. The second-order valence-electron chi connectivity index (χ2n) is 10.0. The van der Waals surface area contributed by atoms with Gasteiger partial charge in [0.15, 0.2) is 0 Å². The van der Waals surface area contributed by atoms with Gasteiger partial charge >= 0.3 is 0 Å². The largest absolute Gasteiger partial charge is 0.309 e. The Morgan fingerprint density at radius 3 is 1.61 bits per heavy atom. The molecule has 6 aromatic rings. The van der Waals surface area contributed by atoms with Gasteiger partial charge in [0.25, 0.3) is 0 Å². The number of para-hydroxylation sites is 2. The Morgan fingerprint density at radius 1 is 0.579 bits per heavy atom. The number of hydrogen-bond donors (Lipinski definition) is 2. The minimum absolute atomic E-state index is 0.0521. The quantitative estimate of drug-likeness (QED) is 0.193. The molecule has 1 fully saturated rings. The first-order chi connectivity index (χ1) is 18.7. The molecule has 0 saturated heterocycles. The summed E-state index contributed by atoms with van der Waals surface area (Å²) >= 11 is 0. The van der Waals surface area contributed by atoms with Crippen molar-refractivity contribution in [2.24, 2.45) is 5.92 Å². The number of carbonyl (C=O) groups excluding carboxylic acids is 1. The predicted molar refractivity (Wildman–Crippen MR) is 152 cm³/mol. The van der Waals surface area contributed by atoms with Crippen LogP contribution in [0.25, 0.3) is 38.6 Å². The van der Waals surface area contributed by atoms with Crippen LogP contribution in [0.15, 0.2) is 127 Å². The molecule has 1 heterocycles. The summed E-state index contributed by atoms with van der Waals surface area (Å²) < 4.78 is 2.32. The summed E-state index contributed by atoms with van der Waals surface area (Å²) in [6, 6.07) is 44.3.